The van der Waals surface area contributed by atoms with Crippen LogP contribution in [0.1, 0.15) is 121 Å². The van der Waals surface area contributed by atoms with E-state index in [1.807, 2.05) is 49.9 Å². The minimum absolute atomic E-state index is 0.0110. The number of ether oxygens (including phenoxy) is 1. The van der Waals surface area contributed by atoms with E-state index in [1.165, 1.54) is 19.3 Å². The monoisotopic (exact) mass is 650 g/mol. The topological polar surface area (TPSA) is 76.5 Å². The van der Waals surface area contributed by atoms with Gasteiger partial charge in [0.05, 0.1) is 16.6 Å². The van der Waals surface area contributed by atoms with Crippen molar-refractivity contribution < 1.29 is 14.3 Å². The van der Waals surface area contributed by atoms with Crippen LogP contribution < -0.4 is 10.2 Å². The summed E-state index contributed by atoms with van der Waals surface area (Å²) in [5, 5.41) is 3.36. The molecule has 3 aromatic carbocycles. The molecule has 1 heterocycles. The van der Waals surface area contributed by atoms with Crippen molar-refractivity contribution in [2.24, 2.45) is 0 Å². The second kappa shape index (κ2) is 16.3. The van der Waals surface area contributed by atoms with Crippen molar-refractivity contribution in [1.29, 1.82) is 0 Å². The van der Waals surface area contributed by atoms with Crippen molar-refractivity contribution in [2.75, 3.05) is 11.4 Å². The van der Waals surface area contributed by atoms with Crippen LogP contribution in [0.3, 0.4) is 0 Å². The average Bonchev–Trinajstić information content (AvgIpc) is 3.41. The van der Waals surface area contributed by atoms with Crippen molar-refractivity contribution in [3.05, 3.63) is 83.7 Å². The first kappa shape index (κ1) is 35.2. The lowest BCUT2D eigenvalue weighted by Crippen LogP contribution is -2.46. The van der Waals surface area contributed by atoms with E-state index in [2.05, 4.69) is 66.2 Å². The third kappa shape index (κ3) is 9.06. The molecule has 0 saturated heterocycles. The Morgan fingerprint density at radius 2 is 1.65 bits per heavy atom. The van der Waals surface area contributed by atoms with Crippen molar-refractivity contribution in [3.8, 4) is 11.1 Å². The number of amides is 2. The molecule has 0 radical (unpaired) electrons. The number of aryl methyl sites for hydroxylation is 1. The van der Waals surface area contributed by atoms with E-state index in [-0.39, 0.29) is 18.0 Å². The van der Waals surface area contributed by atoms with Gasteiger partial charge in [0.1, 0.15) is 11.4 Å². The summed E-state index contributed by atoms with van der Waals surface area (Å²) in [6, 6.07) is 22.6. The number of benzene rings is 3. The van der Waals surface area contributed by atoms with Crippen LogP contribution >= 0.6 is 0 Å². The van der Waals surface area contributed by atoms with E-state index >= 15 is 0 Å². The number of nitrogens with zero attached hydrogens (tertiary/aromatic N) is 3. The summed E-state index contributed by atoms with van der Waals surface area (Å²) in [7, 11) is 0. The third-order valence-electron chi connectivity index (χ3n) is 9.19. The number of imidazole rings is 1. The molecule has 7 nitrogen and oxygen atoms in total. The molecule has 1 saturated carbocycles. The Morgan fingerprint density at radius 3 is 2.35 bits per heavy atom. The Kier molecular flexibility index (Phi) is 12.0. The summed E-state index contributed by atoms with van der Waals surface area (Å²) in [5.74, 6) is 0.743. The van der Waals surface area contributed by atoms with Gasteiger partial charge in [0, 0.05) is 31.2 Å². The van der Waals surface area contributed by atoms with Gasteiger partial charge < -0.3 is 14.6 Å². The molecular formula is C41H54N4O3. The lowest BCUT2D eigenvalue weighted by Gasteiger charge is -2.28. The van der Waals surface area contributed by atoms with Gasteiger partial charge in [-0.15, -0.1) is 0 Å². The molecule has 256 valence electrons. The van der Waals surface area contributed by atoms with Crippen molar-refractivity contribution >= 4 is 28.7 Å². The summed E-state index contributed by atoms with van der Waals surface area (Å²) in [6.07, 6.45) is 12.0. The number of hydrogen-bond donors (Lipinski definition) is 1. The first-order valence-electron chi connectivity index (χ1n) is 18.2. The Bertz CT molecular complexity index is 1660. The van der Waals surface area contributed by atoms with Crippen LogP contribution in [0.2, 0.25) is 0 Å². The Balaban J connectivity index is 1.44. The van der Waals surface area contributed by atoms with Crippen LogP contribution in [0, 0.1) is 0 Å². The van der Waals surface area contributed by atoms with Crippen molar-refractivity contribution in [3.63, 3.8) is 0 Å². The molecule has 0 atom stereocenters. The highest BCUT2D eigenvalue weighted by Gasteiger charge is 2.23. The molecule has 1 aromatic heterocycles. The summed E-state index contributed by atoms with van der Waals surface area (Å²) in [6.45, 7) is 11.4. The average molecular weight is 651 g/mol. The number of urea groups is 1. The van der Waals surface area contributed by atoms with Gasteiger partial charge in [0.2, 0.25) is 0 Å². The molecule has 1 fully saturated rings. The maximum absolute atomic E-state index is 13.7. The number of esters is 1. The number of aromatic nitrogens is 2. The van der Waals surface area contributed by atoms with Gasteiger partial charge in [-0.05, 0) is 87.4 Å². The Labute approximate surface area is 287 Å². The van der Waals surface area contributed by atoms with Crippen LogP contribution in [-0.4, -0.2) is 39.7 Å². The quantitative estimate of drug-likeness (QED) is 0.115. The number of nitrogens with one attached hydrogen (secondary N) is 1. The van der Waals surface area contributed by atoms with Gasteiger partial charge in [0.25, 0.3) is 0 Å². The van der Waals surface area contributed by atoms with Crippen LogP contribution in [0.4, 0.5) is 10.5 Å². The number of anilines is 1. The van der Waals surface area contributed by atoms with Crippen LogP contribution in [0.25, 0.3) is 22.2 Å². The molecule has 2 amide bonds. The fourth-order valence-electron chi connectivity index (χ4n) is 6.62. The van der Waals surface area contributed by atoms with E-state index in [0.29, 0.717) is 18.7 Å². The van der Waals surface area contributed by atoms with Gasteiger partial charge in [-0.3, -0.25) is 4.90 Å². The highest BCUT2D eigenvalue weighted by molar-refractivity contribution is 5.97. The molecule has 1 aliphatic carbocycles. The lowest BCUT2D eigenvalue weighted by molar-refractivity contribution is 0.00704. The number of carbonyl (C=O) groups is 2. The van der Waals surface area contributed by atoms with Gasteiger partial charge in [-0.25, -0.2) is 14.6 Å². The van der Waals surface area contributed by atoms with E-state index in [9.17, 15) is 9.59 Å². The van der Waals surface area contributed by atoms with Crippen LogP contribution in [-0.2, 0) is 17.7 Å². The number of unbranched alkanes of at least 4 members (excludes halogenated alkanes) is 3. The molecular weight excluding hydrogens is 596 g/mol. The van der Waals surface area contributed by atoms with Crippen molar-refractivity contribution in [2.45, 2.75) is 123 Å². The normalized spacial score (nSPS) is 13.9. The molecule has 0 aliphatic heterocycles. The molecule has 0 spiro atoms. The van der Waals surface area contributed by atoms with Crippen LogP contribution in [0.15, 0.2) is 66.7 Å². The fourth-order valence-corrected chi connectivity index (χ4v) is 6.62. The van der Waals surface area contributed by atoms with E-state index in [0.717, 1.165) is 90.6 Å². The third-order valence-corrected chi connectivity index (χ3v) is 9.19. The molecule has 0 bridgehead atoms. The summed E-state index contributed by atoms with van der Waals surface area (Å²) in [4.78, 5) is 33.7. The summed E-state index contributed by atoms with van der Waals surface area (Å²) < 4.78 is 8.02. The maximum atomic E-state index is 13.7. The zero-order valence-corrected chi connectivity index (χ0v) is 29.7. The predicted octanol–water partition coefficient (Wildman–Crippen LogP) is 10.1. The first-order chi connectivity index (χ1) is 23.2. The standard InChI is InChI=1S/C41H54N4O3/c1-6-8-15-27-44(40(47)42-32-16-11-10-12-17-32)33-25-26-36-37(28-33)45(38(43-36)20-9-7-2)29-30-21-23-31(24-22-30)34-18-13-14-19-35(34)39(46)48-41(3,4)5/h13-14,18-19,21-26,28,32H,6-12,15-17,20,27,29H2,1-5H3,(H,42,47). The largest absolute Gasteiger partial charge is 0.456 e. The molecule has 7 heteroatoms. The molecule has 0 unspecified atom stereocenters. The minimum Gasteiger partial charge on any atom is -0.456 e. The van der Waals surface area contributed by atoms with E-state index < -0.39 is 5.60 Å². The molecule has 1 aliphatic rings. The van der Waals surface area contributed by atoms with Gasteiger partial charge in [-0.1, -0.05) is 94.8 Å². The van der Waals surface area contributed by atoms with Gasteiger partial charge >= 0.3 is 12.0 Å². The first-order valence-corrected chi connectivity index (χ1v) is 18.2. The second-order valence-electron chi connectivity index (χ2n) is 14.3. The molecule has 1 N–H and O–H groups in total. The fraction of sp³-hybridized carbons (Fsp3) is 0.488. The minimum atomic E-state index is -0.567. The Hall–Kier alpha value is -4.13. The summed E-state index contributed by atoms with van der Waals surface area (Å²) in [5.41, 5.74) is 5.88. The number of rotatable bonds is 13. The second-order valence-corrected chi connectivity index (χ2v) is 14.3. The molecule has 5 rings (SSSR count). The highest BCUT2D eigenvalue weighted by atomic mass is 16.6. The molecule has 48 heavy (non-hydrogen) atoms. The Morgan fingerprint density at radius 1 is 0.917 bits per heavy atom. The van der Waals surface area contributed by atoms with Crippen LogP contribution in [0.5, 0.6) is 0 Å². The molecule has 4 aromatic rings. The van der Waals surface area contributed by atoms with Crippen molar-refractivity contribution in [1.82, 2.24) is 14.9 Å². The maximum Gasteiger partial charge on any atom is 0.339 e. The zero-order chi connectivity index (χ0) is 34.1. The lowest BCUT2D eigenvalue weighted by atomic mass is 9.96. The van der Waals surface area contributed by atoms with E-state index in [1.54, 1.807) is 0 Å². The zero-order valence-electron chi connectivity index (χ0n) is 29.7. The summed E-state index contributed by atoms with van der Waals surface area (Å²) >= 11 is 0. The number of carbonyl (C=O) groups excluding carboxylic acids is 2. The smallest absolute Gasteiger partial charge is 0.339 e. The van der Waals surface area contributed by atoms with E-state index in [4.69, 9.17) is 9.72 Å². The number of fused-ring (bicyclic) bond motifs is 1. The van der Waals surface area contributed by atoms with Gasteiger partial charge in [-0.2, -0.15) is 0 Å². The number of hydrogen-bond acceptors (Lipinski definition) is 4. The highest BCUT2D eigenvalue weighted by Crippen LogP contribution is 2.29. The predicted molar refractivity (Wildman–Crippen MR) is 197 cm³/mol. The SMILES string of the molecule is CCCCCN(C(=O)NC1CCCCC1)c1ccc2nc(CCCC)n(Cc3ccc(-c4ccccc4C(=O)OC(C)(C)C)cc3)c2c1. The van der Waals surface area contributed by atoms with Gasteiger partial charge in [0.15, 0.2) is 0 Å².